The fourth-order valence-electron chi connectivity index (χ4n) is 2.69. The normalized spacial score (nSPS) is 11.7. The zero-order valence-corrected chi connectivity index (χ0v) is 15.4. The molecule has 3 nitrogen and oxygen atoms in total. The van der Waals surface area contributed by atoms with Crippen molar-refractivity contribution < 1.29 is 18.0 Å². The molecule has 0 fully saturated rings. The lowest BCUT2D eigenvalue weighted by Gasteiger charge is -2.08. The van der Waals surface area contributed by atoms with E-state index in [4.69, 9.17) is 0 Å². The van der Waals surface area contributed by atoms with Crippen LogP contribution in [0.2, 0.25) is 0 Å². The molecule has 1 amide bonds. The maximum absolute atomic E-state index is 12.5. The Morgan fingerprint density at radius 2 is 1.78 bits per heavy atom. The first-order valence-electron chi connectivity index (χ1n) is 8.69. The number of benzene rings is 2. The van der Waals surface area contributed by atoms with Crippen molar-refractivity contribution in [3.63, 3.8) is 0 Å². The average molecular weight is 392 g/mol. The molecule has 1 N–H and O–H groups in total. The zero-order chi connectivity index (χ0) is 19.3. The first-order valence-corrected chi connectivity index (χ1v) is 9.51. The highest BCUT2D eigenvalue weighted by atomic mass is 32.1. The number of unbranched alkanes of at least 4 members (excludes halogenated alkanes) is 1. The third kappa shape index (κ3) is 5.53. The number of hydrogen-bond acceptors (Lipinski definition) is 3. The predicted molar refractivity (Wildman–Crippen MR) is 100 cm³/mol. The van der Waals surface area contributed by atoms with E-state index in [1.54, 1.807) is 11.3 Å². The summed E-state index contributed by atoms with van der Waals surface area (Å²) in [6, 6.07) is 12.8. The number of carbonyl (C=O) groups is 1. The van der Waals surface area contributed by atoms with Crippen molar-refractivity contribution >= 4 is 27.5 Å². The lowest BCUT2D eigenvalue weighted by molar-refractivity contribution is -0.137. The van der Waals surface area contributed by atoms with E-state index in [0.29, 0.717) is 12.0 Å². The van der Waals surface area contributed by atoms with E-state index in [1.807, 2.05) is 24.3 Å². The number of fused-ring (bicyclic) bond motifs is 1. The van der Waals surface area contributed by atoms with E-state index in [-0.39, 0.29) is 12.5 Å². The number of aryl methyl sites for hydroxylation is 1. The Labute approximate surface area is 159 Å². The minimum atomic E-state index is -4.34. The molecule has 0 bridgehead atoms. The molecule has 2 aromatic carbocycles. The summed E-state index contributed by atoms with van der Waals surface area (Å²) in [5, 5.41) is 3.81. The highest BCUT2D eigenvalue weighted by Gasteiger charge is 2.29. The number of hydrogen-bond donors (Lipinski definition) is 1. The Bertz CT molecular complexity index is 870. The summed E-state index contributed by atoms with van der Waals surface area (Å²) < 4.78 is 38.7. The monoisotopic (exact) mass is 392 g/mol. The van der Waals surface area contributed by atoms with E-state index >= 15 is 0 Å². The number of aromatic nitrogens is 1. The van der Waals surface area contributed by atoms with Gasteiger partial charge in [-0.05, 0) is 49.1 Å². The molecular formula is C20H19F3N2OS. The predicted octanol–water partition coefficient (Wildman–Crippen LogP) is 5.34. The first kappa shape index (κ1) is 19.4. The Hall–Kier alpha value is -2.41. The largest absolute Gasteiger partial charge is 0.416 e. The molecule has 0 saturated carbocycles. The summed E-state index contributed by atoms with van der Waals surface area (Å²) in [7, 11) is 0. The fraction of sp³-hybridized carbons (Fsp3) is 0.300. The minimum absolute atomic E-state index is 0.0980. The van der Waals surface area contributed by atoms with Crippen molar-refractivity contribution in [3.05, 3.63) is 64.7 Å². The van der Waals surface area contributed by atoms with Gasteiger partial charge in [0.1, 0.15) is 0 Å². The van der Waals surface area contributed by atoms with Crippen molar-refractivity contribution in [1.29, 1.82) is 0 Å². The van der Waals surface area contributed by atoms with Gasteiger partial charge in [-0.2, -0.15) is 13.2 Å². The van der Waals surface area contributed by atoms with Gasteiger partial charge in [-0.3, -0.25) is 4.79 Å². The van der Waals surface area contributed by atoms with Gasteiger partial charge >= 0.3 is 6.18 Å². The smallest absolute Gasteiger partial charge is 0.352 e. The molecule has 0 aliphatic heterocycles. The van der Waals surface area contributed by atoms with E-state index in [1.165, 1.54) is 16.8 Å². The Kier molecular flexibility index (Phi) is 6.11. The Morgan fingerprint density at radius 3 is 2.48 bits per heavy atom. The van der Waals surface area contributed by atoms with Gasteiger partial charge in [0.05, 0.1) is 20.8 Å². The molecule has 0 saturated heterocycles. The van der Waals surface area contributed by atoms with Crippen molar-refractivity contribution in [3.8, 4) is 0 Å². The molecule has 3 rings (SSSR count). The fourth-order valence-corrected chi connectivity index (χ4v) is 3.70. The number of halogens is 3. The maximum atomic E-state index is 12.5. The van der Waals surface area contributed by atoms with Gasteiger partial charge < -0.3 is 5.32 Å². The molecular weight excluding hydrogens is 373 g/mol. The lowest BCUT2D eigenvalue weighted by atomic mass is 10.1. The van der Waals surface area contributed by atoms with Crippen LogP contribution in [-0.2, 0) is 23.9 Å². The molecule has 7 heteroatoms. The van der Waals surface area contributed by atoms with E-state index < -0.39 is 11.7 Å². The summed E-state index contributed by atoms with van der Waals surface area (Å²) in [4.78, 5) is 16.5. The number of nitrogens with one attached hydrogen (secondary N) is 1. The summed E-state index contributed by atoms with van der Waals surface area (Å²) in [6.45, 7) is 0.231. The third-order valence-corrected chi connectivity index (χ3v) is 5.25. The van der Waals surface area contributed by atoms with Crippen molar-refractivity contribution in [2.45, 2.75) is 38.4 Å². The molecule has 142 valence electrons. The van der Waals surface area contributed by atoms with Crippen LogP contribution in [-0.4, -0.2) is 10.9 Å². The number of para-hydroxylation sites is 1. The van der Waals surface area contributed by atoms with Crippen LogP contribution in [0.25, 0.3) is 10.2 Å². The summed E-state index contributed by atoms with van der Waals surface area (Å²) in [6.07, 6.45) is -1.50. The molecule has 27 heavy (non-hydrogen) atoms. The van der Waals surface area contributed by atoms with Crippen LogP contribution in [0.15, 0.2) is 48.5 Å². The average Bonchev–Trinajstić information content (AvgIpc) is 3.06. The molecule has 3 aromatic rings. The molecule has 0 aliphatic rings. The first-order chi connectivity index (χ1) is 12.9. The molecule has 1 aromatic heterocycles. The van der Waals surface area contributed by atoms with Gasteiger partial charge in [0.25, 0.3) is 0 Å². The third-order valence-electron chi connectivity index (χ3n) is 4.15. The maximum Gasteiger partial charge on any atom is 0.416 e. The summed E-state index contributed by atoms with van der Waals surface area (Å²) in [5.74, 6) is -0.0980. The standard InChI is InChI=1S/C20H19F3N2OS/c21-20(22,23)15-11-9-14(10-12-15)13-24-18(26)7-3-4-8-19-25-16-5-1-2-6-17(16)27-19/h1-2,5-6,9-12H,3-4,7-8,13H2,(H,24,26). The molecule has 1 heterocycles. The van der Waals surface area contributed by atoms with Crippen LogP contribution in [0.4, 0.5) is 13.2 Å². The van der Waals surface area contributed by atoms with Gasteiger partial charge in [-0.1, -0.05) is 24.3 Å². The summed E-state index contributed by atoms with van der Waals surface area (Å²) in [5.41, 5.74) is 0.963. The number of rotatable bonds is 7. The highest BCUT2D eigenvalue weighted by Crippen LogP contribution is 2.29. The van der Waals surface area contributed by atoms with Crippen molar-refractivity contribution in [2.75, 3.05) is 0 Å². The number of carbonyl (C=O) groups excluding carboxylic acids is 1. The summed E-state index contributed by atoms with van der Waals surface area (Å²) >= 11 is 1.67. The van der Waals surface area contributed by atoms with Gasteiger partial charge in [-0.25, -0.2) is 4.98 Å². The van der Waals surface area contributed by atoms with Crippen molar-refractivity contribution in [2.24, 2.45) is 0 Å². The molecule has 0 radical (unpaired) electrons. The van der Waals surface area contributed by atoms with E-state index in [0.717, 1.165) is 41.9 Å². The number of alkyl halides is 3. The van der Waals surface area contributed by atoms with Gasteiger partial charge in [0, 0.05) is 13.0 Å². The molecule has 0 spiro atoms. The molecule has 0 aliphatic carbocycles. The van der Waals surface area contributed by atoms with E-state index in [9.17, 15) is 18.0 Å². The number of thiazole rings is 1. The van der Waals surface area contributed by atoms with E-state index in [2.05, 4.69) is 10.3 Å². The topological polar surface area (TPSA) is 42.0 Å². The quantitative estimate of drug-likeness (QED) is 0.551. The van der Waals surface area contributed by atoms with Crippen LogP contribution in [0.5, 0.6) is 0 Å². The zero-order valence-electron chi connectivity index (χ0n) is 14.6. The van der Waals surface area contributed by atoms with Gasteiger partial charge in [0.15, 0.2) is 0 Å². The molecule has 0 atom stereocenters. The SMILES string of the molecule is O=C(CCCCc1nc2ccccc2s1)NCc1ccc(C(F)(F)F)cc1. The Morgan fingerprint density at radius 1 is 1.04 bits per heavy atom. The van der Waals surface area contributed by atoms with Gasteiger partial charge in [-0.15, -0.1) is 11.3 Å². The second-order valence-electron chi connectivity index (χ2n) is 6.25. The highest BCUT2D eigenvalue weighted by molar-refractivity contribution is 7.18. The van der Waals surface area contributed by atoms with Crippen molar-refractivity contribution in [1.82, 2.24) is 10.3 Å². The molecule has 0 unspecified atom stereocenters. The van der Waals surface area contributed by atoms with Crippen LogP contribution in [0, 0.1) is 0 Å². The van der Waals surface area contributed by atoms with Crippen LogP contribution >= 0.6 is 11.3 Å². The van der Waals surface area contributed by atoms with Gasteiger partial charge in [0.2, 0.25) is 5.91 Å². The lowest BCUT2D eigenvalue weighted by Crippen LogP contribution is -2.22. The van der Waals surface area contributed by atoms with Crippen LogP contribution in [0.3, 0.4) is 0 Å². The van der Waals surface area contributed by atoms with Crippen LogP contribution in [0.1, 0.15) is 35.4 Å². The Balaban J connectivity index is 1.37. The van der Waals surface area contributed by atoms with Crippen LogP contribution < -0.4 is 5.32 Å². The second-order valence-corrected chi connectivity index (χ2v) is 7.37. The second kappa shape index (κ2) is 8.52. The number of nitrogens with zero attached hydrogens (tertiary/aromatic N) is 1. The number of amides is 1. The minimum Gasteiger partial charge on any atom is -0.352 e.